The Morgan fingerprint density at radius 1 is 1.33 bits per heavy atom. The number of rotatable bonds is 9. The van der Waals surface area contributed by atoms with Crippen molar-refractivity contribution in [2.45, 2.75) is 33.2 Å². The Balaban J connectivity index is 2.25. The predicted octanol–water partition coefficient (Wildman–Crippen LogP) is 3.16. The molecule has 0 bridgehead atoms. The Kier molecular flexibility index (Phi) is 5.81. The SMILES string of the molecule is C=CCn1c(CCNCCC)nc2cc(OCC)ccc21. The molecule has 1 heterocycles. The summed E-state index contributed by atoms with van der Waals surface area (Å²) in [6.45, 7) is 11.5. The van der Waals surface area contributed by atoms with Crippen LogP contribution in [0.15, 0.2) is 30.9 Å². The molecule has 0 saturated heterocycles. The van der Waals surface area contributed by atoms with Crippen LogP contribution in [0, 0.1) is 0 Å². The van der Waals surface area contributed by atoms with Crippen LogP contribution in [0.2, 0.25) is 0 Å². The number of nitrogens with zero attached hydrogens (tertiary/aromatic N) is 2. The molecule has 0 unspecified atom stereocenters. The minimum atomic E-state index is 0.673. The van der Waals surface area contributed by atoms with Crippen molar-refractivity contribution in [3.63, 3.8) is 0 Å². The molecular formula is C17H25N3O. The van der Waals surface area contributed by atoms with Crippen molar-refractivity contribution < 1.29 is 4.74 Å². The number of aromatic nitrogens is 2. The minimum absolute atomic E-state index is 0.673. The summed E-state index contributed by atoms with van der Waals surface area (Å²) in [5.74, 6) is 1.98. The van der Waals surface area contributed by atoms with Crippen molar-refractivity contribution in [3.8, 4) is 5.75 Å². The molecule has 4 heteroatoms. The highest BCUT2D eigenvalue weighted by atomic mass is 16.5. The largest absolute Gasteiger partial charge is 0.494 e. The van der Waals surface area contributed by atoms with Gasteiger partial charge >= 0.3 is 0 Å². The summed E-state index contributed by atoms with van der Waals surface area (Å²) >= 11 is 0. The molecule has 2 aromatic rings. The maximum absolute atomic E-state index is 5.55. The van der Waals surface area contributed by atoms with E-state index in [1.54, 1.807) is 0 Å². The highest BCUT2D eigenvalue weighted by molar-refractivity contribution is 5.78. The van der Waals surface area contributed by atoms with Crippen LogP contribution >= 0.6 is 0 Å². The van der Waals surface area contributed by atoms with Crippen molar-refractivity contribution >= 4 is 11.0 Å². The zero-order chi connectivity index (χ0) is 15.1. The van der Waals surface area contributed by atoms with Crippen LogP contribution < -0.4 is 10.1 Å². The Morgan fingerprint density at radius 2 is 2.19 bits per heavy atom. The van der Waals surface area contributed by atoms with Gasteiger partial charge in [-0.3, -0.25) is 0 Å². The Bertz CT molecular complexity index is 589. The fourth-order valence-electron chi connectivity index (χ4n) is 2.44. The third-order valence-electron chi connectivity index (χ3n) is 3.37. The summed E-state index contributed by atoms with van der Waals surface area (Å²) in [5, 5.41) is 3.43. The summed E-state index contributed by atoms with van der Waals surface area (Å²) in [4.78, 5) is 4.77. The van der Waals surface area contributed by atoms with Crippen LogP contribution in [0.4, 0.5) is 0 Å². The van der Waals surface area contributed by atoms with E-state index in [0.717, 1.165) is 55.1 Å². The first-order chi connectivity index (χ1) is 10.3. The lowest BCUT2D eigenvalue weighted by molar-refractivity contribution is 0.340. The summed E-state index contributed by atoms with van der Waals surface area (Å²) in [5.41, 5.74) is 2.14. The number of ether oxygens (including phenoxy) is 1. The van der Waals surface area contributed by atoms with E-state index in [2.05, 4.69) is 29.5 Å². The van der Waals surface area contributed by atoms with E-state index >= 15 is 0 Å². The zero-order valence-electron chi connectivity index (χ0n) is 13.1. The molecule has 21 heavy (non-hydrogen) atoms. The number of fused-ring (bicyclic) bond motifs is 1. The van der Waals surface area contributed by atoms with E-state index in [1.165, 1.54) is 0 Å². The van der Waals surface area contributed by atoms with Gasteiger partial charge in [-0.2, -0.15) is 0 Å². The standard InChI is InChI=1S/C17H25N3O/c1-4-10-18-11-9-17-19-15-13-14(21-6-3)7-8-16(15)20(17)12-5-2/h5,7-8,13,18H,2,4,6,9-12H2,1,3H3. The maximum Gasteiger partial charge on any atom is 0.121 e. The number of nitrogens with one attached hydrogen (secondary N) is 1. The molecule has 0 aliphatic heterocycles. The van der Waals surface area contributed by atoms with Crippen molar-refractivity contribution in [2.75, 3.05) is 19.7 Å². The van der Waals surface area contributed by atoms with Crippen LogP contribution in [-0.4, -0.2) is 29.2 Å². The van der Waals surface area contributed by atoms with E-state index in [-0.39, 0.29) is 0 Å². The van der Waals surface area contributed by atoms with Gasteiger partial charge < -0.3 is 14.6 Å². The second-order valence-electron chi connectivity index (χ2n) is 5.01. The van der Waals surface area contributed by atoms with Gasteiger partial charge in [-0.05, 0) is 32.0 Å². The topological polar surface area (TPSA) is 39.1 Å². The first-order valence-corrected chi connectivity index (χ1v) is 7.73. The fourth-order valence-corrected chi connectivity index (χ4v) is 2.44. The highest BCUT2D eigenvalue weighted by Gasteiger charge is 2.10. The van der Waals surface area contributed by atoms with E-state index in [4.69, 9.17) is 9.72 Å². The maximum atomic E-state index is 5.55. The third-order valence-corrected chi connectivity index (χ3v) is 3.37. The van der Waals surface area contributed by atoms with Crippen molar-refractivity contribution in [1.82, 2.24) is 14.9 Å². The molecule has 0 spiro atoms. The molecule has 0 amide bonds. The monoisotopic (exact) mass is 287 g/mol. The Morgan fingerprint density at radius 3 is 2.90 bits per heavy atom. The van der Waals surface area contributed by atoms with E-state index < -0.39 is 0 Å². The number of hydrogen-bond donors (Lipinski definition) is 1. The van der Waals surface area contributed by atoms with Crippen molar-refractivity contribution in [3.05, 3.63) is 36.7 Å². The molecule has 1 N–H and O–H groups in total. The van der Waals surface area contributed by atoms with Gasteiger partial charge in [0.1, 0.15) is 11.6 Å². The van der Waals surface area contributed by atoms with Crippen LogP contribution in [0.5, 0.6) is 5.75 Å². The molecule has 114 valence electrons. The van der Waals surface area contributed by atoms with Gasteiger partial charge in [-0.25, -0.2) is 4.98 Å². The average molecular weight is 287 g/mol. The summed E-state index contributed by atoms with van der Waals surface area (Å²) in [6.07, 6.45) is 3.99. The summed E-state index contributed by atoms with van der Waals surface area (Å²) in [7, 11) is 0. The molecule has 0 saturated carbocycles. The van der Waals surface area contributed by atoms with Gasteiger partial charge in [0.25, 0.3) is 0 Å². The lowest BCUT2D eigenvalue weighted by Gasteiger charge is -2.07. The smallest absolute Gasteiger partial charge is 0.121 e. The highest BCUT2D eigenvalue weighted by Crippen LogP contribution is 2.22. The number of hydrogen-bond acceptors (Lipinski definition) is 3. The first kappa shape index (κ1) is 15.6. The lowest BCUT2D eigenvalue weighted by atomic mass is 10.3. The number of imidazole rings is 1. The molecule has 4 nitrogen and oxygen atoms in total. The molecule has 2 rings (SSSR count). The average Bonchev–Trinajstić information content (AvgIpc) is 2.82. The first-order valence-electron chi connectivity index (χ1n) is 7.73. The molecule has 0 atom stereocenters. The van der Waals surface area contributed by atoms with Gasteiger partial charge in [0, 0.05) is 25.6 Å². The summed E-state index contributed by atoms with van der Waals surface area (Å²) in [6, 6.07) is 6.10. The number of benzene rings is 1. The number of allylic oxidation sites excluding steroid dienone is 1. The van der Waals surface area contributed by atoms with Crippen LogP contribution in [-0.2, 0) is 13.0 Å². The Labute approximate surface area is 126 Å². The zero-order valence-corrected chi connectivity index (χ0v) is 13.1. The van der Waals surface area contributed by atoms with E-state index in [1.807, 2.05) is 25.1 Å². The molecule has 0 aliphatic rings. The second-order valence-corrected chi connectivity index (χ2v) is 5.01. The van der Waals surface area contributed by atoms with Crippen LogP contribution in [0.3, 0.4) is 0 Å². The van der Waals surface area contributed by atoms with Gasteiger partial charge in [0.05, 0.1) is 17.6 Å². The molecule has 0 fully saturated rings. The third kappa shape index (κ3) is 3.85. The minimum Gasteiger partial charge on any atom is -0.494 e. The molecule has 1 aromatic heterocycles. The van der Waals surface area contributed by atoms with Crippen molar-refractivity contribution in [2.24, 2.45) is 0 Å². The molecule has 1 aromatic carbocycles. The summed E-state index contributed by atoms with van der Waals surface area (Å²) < 4.78 is 7.78. The Hall–Kier alpha value is -1.81. The quantitative estimate of drug-likeness (QED) is 0.569. The molecule has 0 aliphatic carbocycles. The van der Waals surface area contributed by atoms with Crippen LogP contribution in [0.1, 0.15) is 26.1 Å². The molecular weight excluding hydrogens is 262 g/mol. The predicted molar refractivity (Wildman–Crippen MR) is 88.0 cm³/mol. The lowest BCUT2D eigenvalue weighted by Crippen LogP contribution is -2.19. The van der Waals surface area contributed by atoms with E-state index in [0.29, 0.717) is 6.61 Å². The normalized spacial score (nSPS) is 11.0. The second kappa shape index (κ2) is 7.84. The van der Waals surface area contributed by atoms with Gasteiger partial charge in [0.15, 0.2) is 0 Å². The van der Waals surface area contributed by atoms with E-state index in [9.17, 15) is 0 Å². The van der Waals surface area contributed by atoms with Crippen LogP contribution in [0.25, 0.3) is 11.0 Å². The van der Waals surface area contributed by atoms with Gasteiger partial charge in [-0.1, -0.05) is 13.0 Å². The van der Waals surface area contributed by atoms with Crippen molar-refractivity contribution in [1.29, 1.82) is 0 Å². The van der Waals surface area contributed by atoms with Gasteiger partial charge in [0.2, 0.25) is 0 Å². The molecule has 0 radical (unpaired) electrons. The fraction of sp³-hybridized carbons (Fsp3) is 0.471. The van der Waals surface area contributed by atoms with Gasteiger partial charge in [-0.15, -0.1) is 6.58 Å².